The quantitative estimate of drug-likeness (QED) is 0.344. The van der Waals surface area contributed by atoms with Gasteiger partial charge in [-0.1, -0.05) is 24.3 Å². The van der Waals surface area contributed by atoms with Crippen LogP contribution in [-0.2, 0) is 14.3 Å². The maximum Gasteiger partial charge on any atom is 0.336 e. The fraction of sp³-hybridized carbons (Fsp3) is 0.333. The SMILES string of the molecule is CCOC(=O)C1=C(C)NC2=CC(c3ccc(OC)c(OC)c3)CC(=O)C2C1c1ccc([N+](=O)[O-])cc1. The number of hydrogen-bond donors (Lipinski definition) is 1. The van der Waals surface area contributed by atoms with E-state index in [1.165, 1.54) is 12.1 Å². The third-order valence-electron chi connectivity index (χ3n) is 6.66. The zero-order chi connectivity index (χ0) is 26.0. The molecule has 1 heterocycles. The molecule has 1 aliphatic heterocycles. The average Bonchev–Trinajstić information content (AvgIpc) is 2.87. The van der Waals surface area contributed by atoms with Crippen molar-refractivity contribution in [1.29, 1.82) is 0 Å². The van der Waals surface area contributed by atoms with Gasteiger partial charge in [-0.15, -0.1) is 0 Å². The number of nitrogens with one attached hydrogen (secondary N) is 1. The van der Waals surface area contributed by atoms with E-state index in [4.69, 9.17) is 14.2 Å². The molecular weight excluding hydrogens is 464 g/mol. The molecule has 1 aliphatic carbocycles. The summed E-state index contributed by atoms with van der Waals surface area (Å²) in [5.41, 5.74) is 3.10. The van der Waals surface area contributed by atoms with Gasteiger partial charge in [-0.25, -0.2) is 4.79 Å². The molecule has 0 aromatic heterocycles. The van der Waals surface area contributed by atoms with Crippen LogP contribution in [0.4, 0.5) is 5.69 Å². The third-order valence-corrected chi connectivity index (χ3v) is 6.66. The lowest BCUT2D eigenvalue weighted by Crippen LogP contribution is -2.42. The van der Waals surface area contributed by atoms with Crippen molar-refractivity contribution in [2.75, 3.05) is 20.8 Å². The molecule has 3 unspecified atom stereocenters. The Hall–Kier alpha value is -4.14. The smallest absolute Gasteiger partial charge is 0.336 e. The number of methoxy groups -OCH3 is 2. The highest BCUT2D eigenvalue weighted by molar-refractivity contribution is 5.96. The maximum atomic E-state index is 13.7. The summed E-state index contributed by atoms with van der Waals surface area (Å²) in [6.07, 6.45) is 2.24. The number of benzene rings is 2. The second-order valence-corrected chi connectivity index (χ2v) is 8.70. The zero-order valence-corrected chi connectivity index (χ0v) is 20.6. The molecule has 36 heavy (non-hydrogen) atoms. The van der Waals surface area contributed by atoms with E-state index >= 15 is 0 Å². The second kappa shape index (κ2) is 10.2. The van der Waals surface area contributed by atoms with E-state index in [1.807, 2.05) is 18.2 Å². The van der Waals surface area contributed by atoms with Crippen LogP contribution in [0.2, 0.25) is 0 Å². The molecule has 0 spiro atoms. The van der Waals surface area contributed by atoms with Crippen molar-refractivity contribution in [1.82, 2.24) is 5.32 Å². The molecule has 0 amide bonds. The minimum Gasteiger partial charge on any atom is -0.493 e. The number of nitro groups is 1. The molecule has 2 aromatic rings. The van der Waals surface area contributed by atoms with E-state index in [0.29, 0.717) is 34.0 Å². The van der Waals surface area contributed by atoms with Crippen LogP contribution in [-0.4, -0.2) is 37.5 Å². The Morgan fingerprint density at radius 1 is 1.06 bits per heavy atom. The third kappa shape index (κ3) is 4.56. The molecular formula is C27H28N2O7. The van der Waals surface area contributed by atoms with Crippen LogP contribution in [0.15, 0.2) is 65.5 Å². The minimum absolute atomic E-state index is 0.0440. The summed E-state index contributed by atoms with van der Waals surface area (Å²) in [5, 5.41) is 14.4. The van der Waals surface area contributed by atoms with Crippen molar-refractivity contribution >= 4 is 17.4 Å². The van der Waals surface area contributed by atoms with Crippen LogP contribution in [0.1, 0.15) is 43.2 Å². The standard InChI is InChI=1S/C27H28N2O7/c1-5-36-27(31)24-15(2)28-20-12-18(17-8-11-22(34-3)23(14-17)35-4)13-21(30)26(20)25(24)16-6-9-19(10-7-16)29(32)33/h6-12,14,18,25-26,28H,5,13H2,1-4H3. The number of rotatable bonds is 7. The Balaban J connectivity index is 1.80. The Bertz CT molecular complexity index is 1260. The Kier molecular flexibility index (Phi) is 7.10. The second-order valence-electron chi connectivity index (χ2n) is 8.70. The van der Waals surface area contributed by atoms with Crippen molar-refractivity contribution in [3.05, 3.63) is 86.7 Å². The van der Waals surface area contributed by atoms with Crippen molar-refractivity contribution in [2.45, 2.75) is 32.1 Å². The predicted octanol–water partition coefficient (Wildman–Crippen LogP) is 4.39. The number of nitrogens with zero attached hydrogens (tertiary/aromatic N) is 1. The molecule has 0 saturated heterocycles. The number of esters is 1. The summed E-state index contributed by atoms with van der Waals surface area (Å²) >= 11 is 0. The predicted molar refractivity (Wildman–Crippen MR) is 132 cm³/mol. The molecule has 188 valence electrons. The van der Waals surface area contributed by atoms with E-state index in [2.05, 4.69) is 5.32 Å². The molecule has 2 aliphatic rings. The van der Waals surface area contributed by atoms with Crippen LogP contribution in [0.5, 0.6) is 11.5 Å². The number of fused-ring (bicyclic) bond motifs is 1. The van der Waals surface area contributed by atoms with Crippen LogP contribution < -0.4 is 14.8 Å². The van der Waals surface area contributed by atoms with Crippen LogP contribution in [0.25, 0.3) is 0 Å². The molecule has 0 saturated carbocycles. The van der Waals surface area contributed by atoms with Crippen molar-refractivity contribution < 1.29 is 28.7 Å². The largest absolute Gasteiger partial charge is 0.493 e. The van der Waals surface area contributed by atoms with Gasteiger partial charge in [0.2, 0.25) is 0 Å². The van der Waals surface area contributed by atoms with Gasteiger partial charge < -0.3 is 19.5 Å². The molecule has 0 bridgehead atoms. The van der Waals surface area contributed by atoms with Gasteiger partial charge in [0.1, 0.15) is 5.78 Å². The Labute approximate surface area is 208 Å². The van der Waals surface area contributed by atoms with Crippen LogP contribution >= 0.6 is 0 Å². The van der Waals surface area contributed by atoms with Crippen molar-refractivity contribution in [2.24, 2.45) is 5.92 Å². The zero-order valence-electron chi connectivity index (χ0n) is 20.6. The summed E-state index contributed by atoms with van der Waals surface area (Å²) in [5.74, 6) is -0.866. The molecule has 0 radical (unpaired) electrons. The van der Waals surface area contributed by atoms with Crippen molar-refractivity contribution in [3.63, 3.8) is 0 Å². The van der Waals surface area contributed by atoms with Crippen LogP contribution in [0.3, 0.4) is 0 Å². The summed E-state index contributed by atoms with van der Waals surface area (Å²) in [4.78, 5) is 37.3. The van der Waals surface area contributed by atoms with Gasteiger partial charge >= 0.3 is 5.97 Å². The van der Waals surface area contributed by atoms with E-state index in [0.717, 1.165) is 5.56 Å². The number of allylic oxidation sites excluding steroid dienone is 3. The molecule has 2 aromatic carbocycles. The van der Waals surface area contributed by atoms with Gasteiger partial charge in [0, 0.05) is 41.8 Å². The van der Waals surface area contributed by atoms with E-state index in [-0.39, 0.29) is 30.4 Å². The monoisotopic (exact) mass is 492 g/mol. The molecule has 3 atom stereocenters. The molecule has 9 heteroatoms. The van der Waals surface area contributed by atoms with Gasteiger partial charge in [0.15, 0.2) is 11.5 Å². The topological polar surface area (TPSA) is 117 Å². The van der Waals surface area contributed by atoms with Gasteiger partial charge in [-0.3, -0.25) is 14.9 Å². The number of hydrogen-bond acceptors (Lipinski definition) is 8. The van der Waals surface area contributed by atoms with Gasteiger partial charge in [-0.2, -0.15) is 0 Å². The Morgan fingerprint density at radius 2 is 1.72 bits per heavy atom. The first-order valence-electron chi connectivity index (χ1n) is 11.6. The van der Waals surface area contributed by atoms with Gasteiger partial charge in [0.05, 0.1) is 37.2 Å². The van der Waals surface area contributed by atoms with E-state index in [9.17, 15) is 19.7 Å². The number of carbonyl (C=O) groups excluding carboxylic acids is 2. The highest BCUT2D eigenvalue weighted by atomic mass is 16.6. The van der Waals surface area contributed by atoms with Gasteiger partial charge in [0.25, 0.3) is 5.69 Å². The first-order valence-corrected chi connectivity index (χ1v) is 11.6. The van der Waals surface area contributed by atoms with Crippen molar-refractivity contribution in [3.8, 4) is 11.5 Å². The fourth-order valence-corrected chi connectivity index (χ4v) is 5.01. The first kappa shape index (κ1) is 25.0. The number of ether oxygens (including phenoxy) is 3. The minimum atomic E-state index is -0.647. The number of non-ortho nitro benzene ring substituents is 1. The summed E-state index contributed by atoms with van der Waals surface area (Å²) < 4.78 is 16.1. The summed E-state index contributed by atoms with van der Waals surface area (Å²) in [6, 6.07) is 11.5. The molecule has 9 nitrogen and oxygen atoms in total. The van der Waals surface area contributed by atoms with E-state index < -0.39 is 22.7 Å². The average molecular weight is 493 g/mol. The number of ketones is 1. The van der Waals surface area contributed by atoms with Gasteiger partial charge in [-0.05, 0) is 37.1 Å². The molecule has 1 N–H and O–H groups in total. The number of Topliss-reactive ketones (excluding diaryl/α,β-unsaturated/α-hetero) is 1. The lowest BCUT2D eigenvalue weighted by atomic mass is 9.68. The lowest BCUT2D eigenvalue weighted by molar-refractivity contribution is -0.384. The molecule has 0 fully saturated rings. The fourth-order valence-electron chi connectivity index (χ4n) is 5.01. The first-order chi connectivity index (χ1) is 17.3. The highest BCUT2D eigenvalue weighted by Crippen LogP contribution is 2.47. The Morgan fingerprint density at radius 3 is 2.33 bits per heavy atom. The summed E-state index contributed by atoms with van der Waals surface area (Å²) in [6.45, 7) is 3.67. The van der Waals surface area contributed by atoms with Crippen LogP contribution in [0, 0.1) is 16.0 Å². The summed E-state index contributed by atoms with van der Waals surface area (Å²) in [7, 11) is 3.12. The van der Waals surface area contributed by atoms with E-state index in [1.54, 1.807) is 46.3 Å². The molecule has 4 rings (SSSR count). The maximum absolute atomic E-state index is 13.7. The highest BCUT2D eigenvalue weighted by Gasteiger charge is 2.45. The number of carbonyl (C=O) groups is 2. The normalized spacial score (nSPS) is 21.2. The number of nitro benzene ring substituents is 1. The lowest BCUT2D eigenvalue weighted by Gasteiger charge is -2.39.